The number of hydrogen-bond acceptors (Lipinski definition) is 5. The van der Waals surface area contributed by atoms with Crippen LogP contribution in [0, 0.1) is 0 Å². The van der Waals surface area contributed by atoms with Gasteiger partial charge in [-0.05, 0) is 46.3 Å². The van der Waals surface area contributed by atoms with Gasteiger partial charge in [-0.3, -0.25) is 0 Å². The summed E-state index contributed by atoms with van der Waals surface area (Å²) >= 11 is 4.98. The maximum absolute atomic E-state index is 11.4. The molecule has 2 rings (SSSR count). The molecule has 0 unspecified atom stereocenters. The summed E-state index contributed by atoms with van der Waals surface area (Å²) in [5, 5.41) is 0. The van der Waals surface area contributed by atoms with E-state index in [1.54, 1.807) is 29.5 Å². The highest BCUT2D eigenvalue weighted by Crippen LogP contribution is 2.27. The number of esters is 1. The summed E-state index contributed by atoms with van der Waals surface area (Å²) in [5.41, 5.74) is 6.72. The van der Waals surface area contributed by atoms with Crippen LogP contribution in [0.25, 0.3) is 0 Å². The Balaban J connectivity index is 2.12. The van der Waals surface area contributed by atoms with Crippen molar-refractivity contribution in [2.75, 3.05) is 12.8 Å². The number of hydrogen-bond donors (Lipinski definition) is 1. The lowest BCUT2D eigenvalue weighted by Gasteiger charge is -2.09. The molecule has 0 bridgehead atoms. The van der Waals surface area contributed by atoms with Gasteiger partial charge in [-0.1, -0.05) is 0 Å². The number of halogens is 1. The molecule has 19 heavy (non-hydrogen) atoms. The monoisotopic (exact) mass is 341 g/mol. The number of benzene rings is 1. The molecule has 0 fully saturated rings. The van der Waals surface area contributed by atoms with Crippen LogP contribution in [0.15, 0.2) is 34.1 Å². The Labute approximate surface area is 123 Å². The van der Waals surface area contributed by atoms with Crippen LogP contribution >= 0.6 is 27.3 Å². The first kappa shape index (κ1) is 13.9. The van der Waals surface area contributed by atoms with E-state index in [2.05, 4.69) is 20.7 Å². The number of carbonyl (C=O) groups excluding carboxylic acids is 1. The van der Waals surface area contributed by atoms with E-state index >= 15 is 0 Å². The third kappa shape index (κ3) is 3.48. The molecule has 1 heterocycles. The Morgan fingerprint density at radius 3 is 2.79 bits per heavy atom. The molecule has 0 saturated carbocycles. The highest BCUT2D eigenvalue weighted by atomic mass is 79.9. The van der Waals surface area contributed by atoms with Crippen molar-refractivity contribution >= 4 is 38.9 Å². The van der Waals surface area contributed by atoms with Gasteiger partial charge in [0.05, 0.1) is 22.1 Å². The van der Waals surface area contributed by atoms with Gasteiger partial charge >= 0.3 is 5.97 Å². The first-order valence-electron chi connectivity index (χ1n) is 5.45. The molecule has 6 heteroatoms. The normalized spacial score (nSPS) is 10.2. The Morgan fingerprint density at radius 1 is 1.37 bits per heavy atom. The van der Waals surface area contributed by atoms with E-state index in [1.807, 2.05) is 12.1 Å². The zero-order valence-electron chi connectivity index (χ0n) is 10.2. The Kier molecular flexibility index (Phi) is 4.44. The molecule has 0 aliphatic heterocycles. The van der Waals surface area contributed by atoms with E-state index in [0.29, 0.717) is 23.6 Å². The summed E-state index contributed by atoms with van der Waals surface area (Å²) < 4.78 is 11.3. The number of thiophene rings is 1. The van der Waals surface area contributed by atoms with Crippen LogP contribution in [0.1, 0.15) is 15.2 Å². The minimum Gasteiger partial charge on any atom is -0.486 e. The van der Waals surface area contributed by atoms with E-state index < -0.39 is 5.97 Å². The largest absolute Gasteiger partial charge is 0.486 e. The van der Waals surface area contributed by atoms with Crippen molar-refractivity contribution < 1.29 is 14.3 Å². The maximum Gasteiger partial charge on any atom is 0.337 e. The van der Waals surface area contributed by atoms with Crippen molar-refractivity contribution in [2.24, 2.45) is 0 Å². The molecule has 0 radical (unpaired) electrons. The highest BCUT2D eigenvalue weighted by molar-refractivity contribution is 9.11. The summed E-state index contributed by atoms with van der Waals surface area (Å²) in [7, 11) is 1.34. The molecule has 2 aromatic rings. The molecule has 4 nitrogen and oxygen atoms in total. The number of nitrogens with two attached hydrogens (primary N) is 1. The van der Waals surface area contributed by atoms with E-state index in [-0.39, 0.29) is 0 Å². The van der Waals surface area contributed by atoms with Gasteiger partial charge in [0.1, 0.15) is 12.4 Å². The van der Waals surface area contributed by atoms with Crippen molar-refractivity contribution in [1.82, 2.24) is 0 Å². The van der Waals surface area contributed by atoms with Crippen molar-refractivity contribution in [3.05, 3.63) is 44.6 Å². The molecule has 0 atom stereocenters. The fourth-order valence-electron chi connectivity index (χ4n) is 1.48. The van der Waals surface area contributed by atoms with Gasteiger partial charge in [0.25, 0.3) is 0 Å². The Hall–Kier alpha value is -1.53. The first-order valence-corrected chi connectivity index (χ1v) is 7.06. The van der Waals surface area contributed by atoms with E-state index in [4.69, 9.17) is 10.5 Å². The fraction of sp³-hybridized carbons (Fsp3) is 0.154. The molecule has 0 saturated heterocycles. The predicted octanol–water partition coefficient (Wildman–Crippen LogP) is 3.46. The molecule has 0 aliphatic carbocycles. The molecule has 0 spiro atoms. The molecule has 0 aliphatic rings. The maximum atomic E-state index is 11.4. The van der Waals surface area contributed by atoms with E-state index in [1.165, 1.54) is 7.11 Å². The van der Waals surface area contributed by atoms with Gasteiger partial charge in [-0.2, -0.15) is 0 Å². The second kappa shape index (κ2) is 6.08. The fourth-order valence-corrected chi connectivity index (χ4v) is 2.88. The third-order valence-electron chi connectivity index (χ3n) is 2.43. The topological polar surface area (TPSA) is 61.5 Å². The lowest BCUT2D eigenvalue weighted by Crippen LogP contribution is -2.04. The summed E-state index contributed by atoms with van der Waals surface area (Å²) in [4.78, 5) is 12.5. The zero-order valence-corrected chi connectivity index (χ0v) is 12.6. The quantitative estimate of drug-likeness (QED) is 0.683. The van der Waals surface area contributed by atoms with Crippen LogP contribution in [0.5, 0.6) is 5.75 Å². The SMILES string of the molecule is COC(=O)c1ccc(N)c(OCc2ccc(Br)s2)c1. The number of carbonyl (C=O) groups is 1. The Morgan fingerprint density at radius 2 is 2.16 bits per heavy atom. The molecule has 2 N–H and O–H groups in total. The lowest BCUT2D eigenvalue weighted by molar-refractivity contribution is 0.0600. The average Bonchev–Trinajstić information content (AvgIpc) is 2.82. The van der Waals surface area contributed by atoms with Crippen molar-refractivity contribution in [1.29, 1.82) is 0 Å². The summed E-state index contributed by atoms with van der Waals surface area (Å²) in [6, 6.07) is 8.75. The number of anilines is 1. The smallest absolute Gasteiger partial charge is 0.337 e. The lowest BCUT2D eigenvalue weighted by atomic mass is 10.2. The summed E-state index contributed by atoms with van der Waals surface area (Å²) in [6.07, 6.45) is 0. The molecule has 1 aromatic carbocycles. The molecule has 1 aromatic heterocycles. The second-order valence-corrected chi connectivity index (χ2v) is 6.29. The van der Waals surface area contributed by atoms with E-state index in [0.717, 1.165) is 8.66 Å². The zero-order chi connectivity index (χ0) is 13.8. The van der Waals surface area contributed by atoms with Crippen LogP contribution in [0.2, 0.25) is 0 Å². The molecule has 100 valence electrons. The highest BCUT2D eigenvalue weighted by Gasteiger charge is 2.09. The minimum absolute atomic E-state index is 0.408. The van der Waals surface area contributed by atoms with Gasteiger partial charge in [0.2, 0.25) is 0 Å². The van der Waals surface area contributed by atoms with E-state index in [9.17, 15) is 4.79 Å². The van der Waals surface area contributed by atoms with Crippen LogP contribution in [0.3, 0.4) is 0 Å². The third-order valence-corrected chi connectivity index (χ3v) is 4.03. The van der Waals surface area contributed by atoms with Crippen LogP contribution in [-0.2, 0) is 11.3 Å². The predicted molar refractivity (Wildman–Crippen MR) is 78.5 cm³/mol. The minimum atomic E-state index is -0.413. The second-order valence-electron chi connectivity index (χ2n) is 3.74. The van der Waals surface area contributed by atoms with Gasteiger partial charge < -0.3 is 15.2 Å². The number of nitrogen functional groups attached to an aromatic ring is 1. The van der Waals surface area contributed by atoms with Crippen LogP contribution in [-0.4, -0.2) is 13.1 Å². The Bertz CT molecular complexity index is 597. The first-order chi connectivity index (χ1) is 9.10. The summed E-state index contributed by atoms with van der Waals surface area (Å²) in [6.45, 7) is 0.408. The number of ether oxygens (including phenoxy) is 2. The number of rotatable bonds is 4. The molecule has 0 amide bonds. The molecular weight excluding hydrogens is 330 g/mol. The average molecular weight is 342 g/mol. The van der Waals surface area contributed by atoms with Crippen molar-refractivity contribution in [3.63, 3.8) is 0 Å². The van der Waals surface area contributed by atoms with Gasteiger partial charge in [-0.15, -0.1) is 11.3 Å². The van der Waals surface area contributed by atoms with Crippen LogP contribution < -0.4 is 10.5 Å². The number of methoxy groups -OCH3 is 1. The van der Waals surface area contributed by atoms with Gasteiger partial charge in [-0.25, -0.2) is 4.79 Å². The van der Waals surface area contributed by atoms with Gasteiger partial charge in [0.15, 0.2) is 0 Å². The van der Waals surface area contributed by atoms with Gasteiger partial charge in [0, 0.05) is 4.88 Å². The van der Waals surface area contributed by atoms with Crippen molar-refractivity contribution in [2.45, 2.75) is 6.61 Å². The standard InChI is InChI=1S/C13H12BrNO3S/c1-17-13(16)8-2-4-10(15)11(6-8)18-7-9-3-5-12(14)19-9/h2-6H,7,15H2,1H3. The summed E-state index contributed by atoms with van der Waals surface area (Å²) in [5.74, 6) is 0.0659. The molecular formula is C13H12BrNO3S. The van der Waals surface area contributed by atoms with Crippen LogP contribution in [0.4, 0.5) is 5.69 Å². The van der Waals surface area contributed by atoms with Crippen molar-refractivity contribution in [3.8, 4) is 5.75 Å².